The van der Waals surface area contributed by atoms with Crippen LogP contribution >= 0.6 is 11.3 Å². The SMILES string of the molecule is O=C(Cc1coc(-c2cccs2)n1)N1CCCC1c1cccnc1. The second-order valence-electron chi connectivity index (χ2n) is 5.83. The summed E-state index contributed by atoms with van der Waals surface area (Å²) in [6.45, 7) is 0.786. The van der Waals surface area contributed by atoms with Gasteiger partial charge in [-0.05, 0) is 35.9 Å². The van der Waals surface area contributed by atoms with E-state index in [0.29, 0.717) is 11.6 Å². The van der Waals surface area contributed by atoms with Gasteiger partial charge in [0.05, 0.1) is 23.0 Å². The molecule has 0 spiro atoms. The molecule has 0 saturated carbocycles. The highest BCUT2D eigenvalue weighted by molar-refractivity contribution is 7.13. The highest BCUT2D eigenvalue weighted by atomic mass is 32.1. The van der Waals surface area contributed by atoms with Gasteiger partial charge in [-0.2, -0.15) is 0 Å². The maximum atomic E-state index is 12.7. The topological polar surface area (TPSA) is 59.2 Å². The quantitative estimate of drug-likeness (QED) is 0.727. The van der Waals surface area contributed by atoms with Gasteiger partial charge in [0.2, 0.25) is 11.8 Å². The van der Waals surface area contributed by atoms with Crippen molar-refractivity contribution in [2.24, 2.45) is 0 Å². The maximum absolute atomic E-state index is 12.7. The number of pyridine rings is 1. The number of carbonyl (C=O) groups is 1. The van der Waals surface area contributed by atoms with Gasteiger partial charge in [0, 0.05) is 18.9 Å². The molecule has 1 unspecified atom stereocenters. The second kappa shape index (κ2) is 6.57. The molecule has 0 aromatic carbocycles. The Morgan fingerprint density at radius 1 is 1.38 bits per heavy atom. The van der Waals surface area contributed by atoms with E-state index in [1.165, 1.54) is 0 Å². The van der Waals surface area contributed by atoms with Gasteiger partial charge in [-0.1, -0.05) is 12.1 Å². The number of likely N-dealkylation sites (tertiary alicyclic amines) is 1. The molecule has 0 N–H and O–H groups in total. The van der Waals surface area contributed by atoms with E-state index in [2.05, 4.69) is 9.97 Å². The number of rotatable bonds is 4. The lowest BCUT2D eigenvalue weighted by atomic mass is 10.1. The second-order valence-corrected chi connectivity index (χ2v) is 6.78. The Morgan fingerprint density at radius 3 is 3.12 bits per heavy atom. The Hall–Kier alpha value is -2.47. The lowest BCUT2D eigenvalue weighted by Crippen LogP contribution is -2.31. The fourth-order valence-electron chi connectivity index (χ4n) is 3.14. The standard InChI is InChI=1S/C18H17N3O2S/c22-17(10-14-12-23-18(20-14)16-6-3-9-24-16)21-8-2-5-15(21)13-4-1-7-19-11-13/h1,3-4,6-7,9,11-12,15H,2,5,8,10H2. The molecule has 1 atom stereocenters. The van der Waals surface area contributed by atoms with Crippen LogP contribution in [0.4, 0.5) is 0 Å². The molecule has 122 valence electrons. The normalized spacial score (nSPS) is 17.3. The van der Waals surface area contributed by atoms with Crippen LogP contribution in [0.1, 0.15) is 30.1 Å². The van der Waals surface area contributed by atoms with Crippen molar-refractivity contribution in [3.8, 4) is 10.8 Å². The first-order chi connectivity index (χ1) is 11.8. The van der Waals surface area contributed by atoms with E-state index in [-0.39, 0.29) is 18.4 Å². The molecule has 1 aliphatic heterocycles. The van der Waals surface area contributed by atoms with Gasteiger partial charge in [0.15, 0.2) is 0 Å². The van der Waals surface area contributed by atoms with E-state index in [9.17, 15) is 4.79 Å². The molecule has 1 fully saturated rings. The highest BCUT2D eigenvalue weighted by Gasteiger charge is 2.30. The van der Waals surface area contributed by atoms with E-state index < -0.39 is 0 Å². The van der Waals surface area contributed by atoms with Crippen molar-refractivity contribution < 1.29 is 9.21 Å². The molecule has 5 nitrogen and oxygen atoms in total. The summed E-state index contributed by atoms with van der Waals surface area (Å²) in [6, 6.07) is 7.99. The molecule has 0 aliphatic carbocycles. The zero-order valence-corrected chi connectivity index (χ0v) is 13.9. The number of amides is 1. The van der Waals surface area contributed by atoms with E-state index in [1.807, 2.05) is 40.7 Å². The van der Waals surface area contributed by atoms with E-state index in [0.717, 1.165) is 29.8 Å². The summed E-state index contributed by atoms with van der Waals surface area (Å²) in [7, 11) is 0. The van der Waals surface area contributed by atoms with Crippen molar-refractivity contribution in [3.05, 3.63) is 59.6 Å². The summed E-state index contributed by atoms with van der Waals surface area (Å²) in [5.41, 5.74) is 1.78. The molecule has 4 rings (SSSR count). The minimum Gasteiger partial charge on any atom is -0.444 e. The van der Waals surface area contributed by atoms with Crippen molar-refractivity contribution in [2.45, 2.75) is 25.3 Å². The van der Waals surface area contributed by atoms with E-state index in [4.69, 9.17) is 4.42 Å². The van der Waals surface area contributed by atoms with Crippen LogP contribution in [0.3, 0.4) is 0 Å². The molecule has 3 aromatic rings. The van der Waals surface area contributed by atoms with E-state index in [1.54, 1.807) is 23.8 Å². The fraction of sp³-hybridized carbons (Fsp3) is 0.278. The van der Waals surface area contributed by atoms with Gasteiger partial charge < -0.3 is 9.32 Å². The molecule has 1 saturated heterocycles. The van der Waals surface area contributed by atoms with Crippen LogP contribution in [0.5, 0.6) is 0 Å². The van der Waals surface area contributed by atoms with Crippen LogP contribution in [-0.4, -0.2) is 27.3 Å². The van der Waals surface area contributed by atoms with Crippen LogP contribution in [0.15, 0.2) is 52.7 Å². The Morgan fingerprint density at radius 2 is 2.33 bits per heavy atom. The Bertz CT molecular complexity index is 814. The molecule has 24 heavy (non-hydrogen) atoms. The summed E-state index contributed by atoms with van der Waals surface area (Å²) in [5, 5.41) is 1.98. The van der Waals surface area contributed by atoms with Gasteiger partial charge in [0.25, 0.3) is 0 Å². The molecule has 1 aliphatic rings. The lowest BCUT2D eigenvalue weighted by Gasteiger charge is -2.24. The molecule has 0 bridgehead atoms. The first-order valence-corrected chi connectivity index (χ1v) is 8.87. The number of thiophene rings is 1. The zero-order valence-electron chi connectivity index (χ0n) is 13.1. The monoisotopic (exact) mass is 339 g/mol. The molecule has 6 heteroatoms. The van der Waals surface area contributed by atoms with Gasteiger partial charge >= 0.3 is 0 Å². The van der Waals surface area contributed by atoms with Gasteiger partial charge in [-0.3, -0.25) is 9.78 Å². The van der Waals surface area contributed by atoms with Crippen molar-refractivity contribution >= 4 is 17.2 Å². The van der Waals surface area contributed by atoms with Crippen molar-refractivity contribution in [3.63, 3.8) is 0 Å². The zero-order chi connectivity index (χ0) is 16.4. The van der Waals surface area contributed by atoms with Crippen LogP contribution in [0, 0.1) is 0 Å². The number of hydrogen-bond donors (Lipinski definition) is 0. The molecule has 0 radical (unpaired) electrons. The Kier molecular flexibility index (Phi) is 4.13. The van der Waals surface area contributed by atoms with Crippen molar-refractivity contribution in [2.75, 3.05) is 6.54 Å². The summed E-state index contributed by atoms with van der Waals surface area (Å²) >= 11 is 1.57. The molecular weight excluding hydrogens is 322 g/mol. The van der Waals surface area contributed by atoms with Gasteiger partial charge in [-0.15, -0.1) is 11.3 Å². The number of nitrogens with zero attached hydrogens (tertiary/aromatic N) is 3. The Balaban J connectivity index is 1.48. The number of hydrogen-bond acceptors (Lipinski definition) is 5. The summed E-state index contributed by atoms with van der Waals surface area (Å²) in [6.07, 6.45) is 7.46. The third-order valence-corrected chi connectivity index (χ3v) is 5.12. The third kappa shape index (κ3) is 2.97. The highest BCUT2D eigenvalue weighted by Crippen LogP contribution is 2.32. The Labute approximate surface area is 144 Å². The average molecular weight is 339 g/mol. The van der Waals surface area contributed by atoms with Crippen LogP contribution in [-0.2, 0) is 11.2 Å². The van der Waals surface area contributed by atoms with E-state index >= 15 is 0 Å². The molecular formula is C18H17N3O2S. The summed E-state index contributed by atoms with van der Waals surface area (Å²) < 4.78 is 5.50. The molecule has 1 amide bonds. The minimum absolute atomic E-state index is 0.0902. The van der Waals surface area contributed by atoms with Crippen LogP contribution in [0.25, 0.3) is 10.8 Å². The third-order valence-electron chi connectivity index (χ3n) is 4.26. The maximum Gasteiger partial charge on any atom is 0.236 e. The number of oxazole rings is 1. The molecule has 3 aromatic heterocycles. The van der Waals surface area contributed by atoms with Crippen molar-refractivity contribution in [1.29, 1.82) is 0 Å². The van der Waals surface area contributed by atoms with Crippen molar-refractivity contribution in [1.82, 2.24) is 14.9 Å². The predicted molar refractivity (Wildman–Crippen MR) is 91.4 cm³/mol. The first kappa shape index (κ1) is 15.1. The van der Waals surface area contributed by atoms with Crippen LogP contribution in [0.2, 0.25) is 0 Å². The summed E-state index contributed by atoms with van der Waals surface area (Å²) in [5.74, 6) is 0.672. The van der Waals surface area contributed by atoms with Gasteiger partial charge in [0.1, 0.15) is 6.26 Å². The van der Waals surface area contributed by atoms with Gasteiger partial charge in [-0.25, -0.2) is 4.98 Å². The number of aromatic nitrogens is 2. The number of carbonyl (C=O) groups excluding carboxylic acids is 1. The fourth-order valence-corrected chi connectivity index (χ4v) is 3.80. The largest absolute Gasteiger partial charge is 0.444 e. The summed E-state index contributed by atoms with van der Waals surface area (Å²) in [4.78, 5) is 24.3. The average Bonchev–Trinajstić information content (AvgIpc) is 3.36. The lowest BCUT2D eigenvalue weighted by molar-refractivity contribution is -0.131. The smallest absolute Gasteiger partial charge is 0.236 e. The minimum atomic E-state index is 0.0902. The molecule has 4 heterocycles. The van der Waals surface area contributed by atoms with Crippen LogP contribution < -0.4 is 0 Å². The first-order valence-electron chi connectivity index (χ1n) is 7.99. The predicted octanol–water partition coefficient (Wildman–Crippen LogP) is 3.70.